The lowest BCUT2D eigenvalue weighted by Crippen LogP contribution is -2.59. The van der Waals surface area contributed by atoms with Crippen molar-refractivity contribution in [3.8, 4) is 0 Å². The van der Waals surface area contributed by atoms with Crippen molar-refractivity contribution in [3.63, 3.8) is 0 Å². The maximum atomic E-state index is 12.7. The van der Waals surface area contributed by atoms with Gasteiger partial charge >= 0.3 is 11.9 Å². The Kier molecular flexibility index (Phi) is 33.7. The van der Waals surface area contributed by atoms with E-state index in [1.807, 2.05) is 0 Å². The Bertz CT molecular complexity index is 1010. The van der Waals surface area contributed by atoms with Crippen LogP contribution >= 0.6 is 0 Å². The van der Waals surface area contributed by atoms with Gasteiger partial charge in [-0.15, -0.1) is 5.73 Å². The number of unbranched alkanes of at least 4 members (excludes halogenated alkanes) is 21. The second-order valence-electron chi connectivity index (χ2n) is 15.2. The third kappa shape index (κ3) is 28.1. The topological polar surface area (TPSA) is 152 Å². The molecule has 0 aromatic heterocycles. The third-order valence-electron chi connectivity index (χ3n) is 10.1. The number of aliphatic hydroxyl groups is 4. The van der Waals surface area contributed by atoms with Gasteiger partial charge in [0.25, 0.3) is 0 Å². The van der Waals surface area contributed by atoms with Gasteiger partial charge in [0.05, 0.1) is 13.2 Å². The van der Waals surface area contributed by atoms with E-state index in [4.69, 9.17) is 18.9 Å². The molecule has 0 spiro atoms. The van der Waals surface area contributed by atoms with Crippen LogP contribution in [0.1, 0.15) is 187 Å². The summed E-state index contributed by atoms with van der Waals surface area (Å²) in [6.45, 7) is 3.37. The van der Waals surface area contributed by atoms with E-state index in [9.17, 15) is 30.0 Å². The molecule has 0 radical (unpaired) electrons. The Hall–Kier alpha value is -2.04. The number of carbonyl (C=O) groups excluding carboxylic acids is 2. The lowest BCUT2D eigenvalue weighted by molar-refractivity contribution is -0.305. The summed E-state index contributed by atoms with van der Waals surface area (Å²) >= 11 is 0. The van der Waals surface area contributed by atoms with E-state index in [1.165, 1.54) is 70.6 Å². The van der Waals surface area contributed by atoms with Crippen molar-refractivity contribution in [2.75, 3.05) is 19.8 Å². The predicted octanol–water partition coefficient (Wildman–Crippen LogP) is 9.10. The minimum absolute atomic E-state index is 0.216. The largest absolute Gasteiger partial charge is 0.462 e. The molecule has 0 amide bonds. The molecule has 0 aromatic rings. The van der Waals surface area contributed by atoms with E-state index in [0.717, 1.165) is 77.0 Å². The number of carbonyl (C=O) groups is 2. The van der Waals surface area contributed by atoms with Gasteiger partial charge in [-0.1, -0.05) is 122 Å². The standard InChI is InChI=1S/C45H80O10/c1-3-5-7-9-11-13-15-17-19-21-23-25-27-29-31-33-40(47)52-36-38(37-53-45-44(51)43(50)42(49)39(35-46)55-45)54-41(48)34-32-30-28-26-24-22-20-18-16-14-12-10-8-6-4-2/h15,18-20,38-39,42-46,49-51H,3-14,16,21-37H2,1-2H3/b20-18+/t17?,38-,39-,42+,43?,44?,45-/m0/s1. The molecule has 1 heterocycles. The molecule has 0 aromatic carbocycles. The molecule has 10 nitrogen and oxygen atoms in total. The molecule has 0 saturated carbocycles. The van der Waals surface area contributed by atoms with E-state index in [0.29, 0.717) is 12.8 Å². The predicted molar refractivity (Wildman–Crippen MR) is 218 cm³/mol. The zero-order valence-electron chi connectivity index (χ0n) is 34.7. The van der Waals surface area contributed by atoms with Crippen LogP contribution in [0.4, 0.5) is 0 Å². The molecule has 1 aliphatic rings. The summed E-state index contributed by atoms with van der Waals surface area (Å²) in [5, 5.41) is 40.0. The van der Waals surface area contributed by atoms with Crippen molar-refractivity contribution in [1.82, 2.24) is 0 Å². The number of esters is 2. The number of hydrogen-bond acceptors (Lipinski definition) is 10. The van der Waals surface area contributed by atoms with E-state index in [2.05, 4.69) is 43.9 Å². The quantitative estimate of drug-likeness (QED) is 0.0210. The van der Waals surface area contributed by atoms with Crippen LogP contribution in [0.3, 0.4) is 0 Å². The van der Waals surface area contributed by atoms with Gasteiger partial charge in [-0.05, 0) is 76.4 Å². The summed E-state index contributed by atoms with van der Waals surface area (Å²) in [5.41, 5.74) is 3.29. The molecular formula is C45H80O10. The van der Waals surface area contributed by atoms with Gasteiger partial charge in [0.2, 0.25) is 0 Å². The van der Waals surface area contributed by atoms with Crippen molar-refractivity contribution in [2.24, 2.45) is 0 Å². The van der Waals surface area contributed by atoms with Crippen LogP contribution in [0.15, 0.2) is 30.0 Å². The Morgan fingerprint density at radius 3 is 1.60 bits per heavy atom. The molecule has 6 atom stereocenters. The van der Waals surface area contributed by atoms with Gasteiger partial charge in [-0.3, -0.25) is 9.59 Å². The summed E-state index contributed by atoms with van der Waals surface area (Å²) in [4.78, 5) is 25.3. The average molecular weight is 781 g/mol. The fraction of sp³-hybridized carbons (Fsp3) is 0.844. The first kappa shape index (κ1) is 51.0. The summed E-state index contributed by atoms with van der Waals surface area (Å²) < 4.78 is 22.1. The minimum Gasteiger partial charge on any atom is -0.462 e. The Morgan fingerprint density at radius 2 is 1.07 bits per heavy atom. The second-order valence-corrected chi connectivity index (χ2v) is 15.2. The normalized spacial score (nSPS) is 20.3. The third-order valence-corrected chi connectivity index (χ3v) is 10.1. The van der Waals surface area contributed by atoms with Crippen LogP contribution in [0.2, 0.25) is 0 Å². The highest BCUT2D eigenvalue weighted by Gasteiger charge is 2.44. The first-order valence-electron chi connectivity index (χ1n) is 22.2. The lowest BCUT2D eigenvalue weighted by atomic mass is 9.99. The molecule has 4 N–H and O–H groups in total. The highest BCUT2D eigenvalue weighted by molar-refractivity contribution is 5.70. The average Bonchev–Trinajstić information content (AvgIpc) is 3.18. The van der Waals surface area contributed by atoms with Gasteiger partial charge in [0, 0.05) is 12.8 Å². The van der Waals surface area contributed by atoms with Crippen LogP contribution in [-0.2, 0) is 28.5 Å². The van der Waals surface area contributed by atoms with Crippen LogP contribution in [-0.4, -0.2) is 89.0 Å². The van der Waals surface area contributed by atoms with Crippen molar-refractivity contribution >= 4 is 11.9 Å². The van der Waals surface area contributed by atoms with E-state index < -0.39 is 55.4 Å². The van der Waals surface area contributed by atoms with E-state index in [-0.39, 0.29) is 26.1 Å². The Labute approximate surface area is 334 Å². The Balaban J connectivity index is 2.36. The summed E-state index contributed by atoms with van der Waals surface area (Å²) in [5.74, 6) is -0.835. The number of rotatable bonds is 36. The number of aliphatic hydroxyl groups excluding tert-OH is 4. The van der Waals surface area contributed by atoms with E-state index in [1.54, 1.807) is 0 Å². The van der Waals surface area contributed by atoms with Gasteiger partial charge in [0.1, 0.15) is 31.0 Å². The first-order chi connectivity index (χ1) is 26.8. The number of hydrogen-bond donors (Lipinski definition) is 4. The van der Waals surface area contributed by atoms with Crippen LogP contribution in [0.5, 0.6) is 0 Å². The van der Waals surface area contributed by atoms with Gasteiger partial charge < -0.3 is 39.4 Å². The zero-order chi connectivity index (χ0) is 40.2. The Morgan fingerprint density at radius 1 is 0.600 bits per heavy atom. The van der Waals surface area contributed by atoms with Crippen LogP contribution < -0.4 is 0 Å². The van der Waals surface area contributed by atoms with Gasteiger partial charge in [-0.2, -0.15) is 0 Å². The molecule has 0 bridgehead atoms. The summed E-state index contributed by atoms with van der Waals surface area (Å²) in [6.07, 6.45) is 29.6. The molecule has 55 heavy (non-hydrogen) atoms. The van der Waals surface area contributed by atoms with Gasteiger partial charge in [-0.25, -0.2) is 0 Å². The van der Waals surface area contributed by atoms with Crippen LogP contribution in [0, 0.1) is 0 Å². The van der Waals surface area contributed by atoms with Gasteiger partial charge in [0.15, 0.2) is 12.4 Å². The van der Waals surface area contributed by atoms with E-state index >= 15 is 0 Å². The van der Waals surface area contributed by atoms with Crippen LogP contribution in [0.25, 0.3) is 0 Å². The fourth-order valence-corrected chi connectivity index (χ4v) is 6.51. The first-order valence-corrected chi connectivity index (χ1v) is 22.2. The zero-order valence-corrected chi connectivity index (χ0v) is 34.7. The molecule has 1 saturated heterocycles. The molecule has 1 rings (SSSR count). The fourth-order valence-electron chi connectivity index (χ4n) is 6.51. The van der Waals surface area contributed by atoms with Crippen molar-refractivity contribution in [2.45, 2.75) is 224 Å². The smallest absolute Gasteiger partial charge is 0.306 e. The minimum atomic E-state index is -1.60. The maximum absolute atomic E-state index is 12.7. The highest BCUT2D eigenvalue weighted by Crippen LogP contribution is 2.22. The maximum Gasteiger partial charge on any atom is 0.306 e. The molecule has 1 aliphatic heterocycles. The molecule has 0 aliphatic carbocycles. The number of allylic oxidation sites excluding steroid dienone is 3. The molecular weight excluding hydrogens is 700 g/mol. The number of ether oxygens (including phenoxy) is 4. The second kappa shape index (κ2) is 36.3. The molecule has 320 valence electrons. The van der Waals surface area contributed by atoms with Crippen molar-refractivity contribution in [3.05, 3.63) is 30.0 Å². The SMILES string of the molecule is CCCCCCCC=C=CCCCCCCCC(=O)OC[C@@H](CO[C@H]1O[C@@H](CO)[C@@H](O)C(O)C1O)OC(=O)CCCCCCC/C=C/CCCCCCCC. The molecule has 10 heteroatoms. The summed E-state index contributed by atoms with van der Waals surface area (Å²) in [6, 6.07) is 0. The monoisotopic (exact) mass is 781 g/mol. The highest BCUT2D eigenvalue weighted by atomic mass is 16.7. The molecule has 2 unspecified atom stereocenters. The molecule has 1 fully saturated rings. The summed E-state index contributed by atoms with van der Waals surface area (Å²) in [7, 11) is 0. The lowest BCUT2D eigenvalue weighted by Gasteiger charge is -2.39. The van der Waals surface area contributed by atoms with Crippen molar-refractivity contribution < 1.29 is 49.0 Å². The van der Waals surface area contributed by atoms with Crippen molar-refractivity contribution in [1.29, 1.82) is 0 Å².